The highest BCUT2D eigenvalue weighted by molar-refractivity contribution is 5.24. The summed E-state index contributed by atoms with van der Waals surface area (Å²) in [5.74, 6) is -0.608. The summed E-state index contributed by atoms with van der Waals surface area (Å²) in [5.41, 5.74) is 0.694. The molecule has 3 atom stereocenters. The Morgan fingerprint density at radius 1 is 1.06 bits per heavy atom. The molecule has 0 aliphatic carbocycles. The van der Waals surface area contributed by atoms with Gasteiger partial charge in [0.2, 0.25) is 0 Å². The molecule has 1 N–H and O–H groups in total. The van der Waals surface area contributed by atoms with Gasteiger partial charge in [-0.15, -0.1) is 0 Å². The topological polar surface area (TPSA) is 12.0 Å². The van der Waals surface area contributed by atoms with Crippen LogP contribution in [0, 0.1) is 11.6 Å². The van der Waals surface area contributed by atoms with E-state index in [-0.39, 0.29) is 11.7 Å². The molecule has 2 bridgehead atoms. The molecule has 1 aromatic carbocycles. The molecule has 0 unspecified atom stereocenters. The van der Waals surface area contributed by atoms with Crippen molar-refractivity contribution in [3.05, 3.63) is 35.4 Å². The molecule has 0 amide bonds. The monoisotopic (exact) mass is 223 g/mol. The summed E-state index contributed by atoms with van der Waals surface area (Å²) in [6, 6.07) is 5.04. The predicted molar refractivity (Wildman–Crippen MR) is 58.3 cm³/mol. The first-order valence-corrected chi connectivity index (χ1v) is 5.93. The number of hydrogen-bond acceptors (Lipinski definition) is 1. The minimum atomic E-state index is -0.488. The fourth-order valence-electron chi connectivity index (χ4n) is 3.14. The van der Waals surface area contributed by atoms with Crippen LogP contribution in [-0.4, -0.2) is 12.1 Å². The van der Waals surface area contributed by atoms with Crippen LogP contribution in [0.25, 0.3) is 0 Å². The van der Waals surface area contributed by atoms with Crippen LogP contribution in [-0.2, 0) is 0 Å². The van der Waals surface area contributed by atoms with Gasteiger partial charge in [0, 0.05) is 18.2 Å². The molecule has 0 saturated carbocycles. The summed E-state index contributed by atoms with van der Waals surface area (Å²) in [5, 5.41) is 3.52. The van der Waals surface area contributed by atoms with E-state index in [0.717, 1.165) is 18.9 Å². The van der Waals surface area contributed by atoms with Crippen molar-refractivity contribution in [2.45, 2.75) is 43.7 Å². The number of piperidine rings is 1. The van der Waals surface area contributed by atoms with E-state index in [4.69, 9.17) is 0 Å². The zero-order valence-electron chi connectivity index (χ0n) is 9.05. The van der Waals surface area contributed by atoms with Crippen LogP contribution >= 0.6 is 0 Å². The summed E-state index contributed by atoms with van der Waals surface area (Å²) < 4.78 is 26.5. The van der Waals surface area contributed by atoms with E-state index >= 15 is 0 Å². The number of rotatable bonds is 1. The number of fused-ring (bicyclic) bond motifs is 2. The molecule has 2 fully saturated rings. The minimum absolute atomic E-state index is 0.263. The van der Waals surface area contributed by atoms with E-state index in [1.807, 2.05) is 0 Å². The lowest BCUT2D eigenvalue weighted by molar-refractivity contribution is 0.356. The van der Waals surface area contributed by atoms with E-state index < -0.39 is 5.82 Å². The molecular formula is C13H15F2N. The maximum atomic E-state index is 13.6. The second kappa shape index (κ2) is 3.81. The van der Waals surface area contributed by atoms with Crippen LogP contribution in [0.2, 0.25) is 0 Å². The molecule has 0 aromatic heterocycles. The van der Waals surface area contributed by atoms with Gasteiger partial charge in [0.25, 0.3) is 0 Å². The van der Waals surface area contributed by atoms with Gasteiger partial charge in [-0.2, -0.15) is 0 Å². The first-order valence-electron chi connectivity index (χ1n) is 5.93. The maximum absolute atomic E-state index is 13.6. The molecule has 1 nitrogen and oxygen atoms in total. The lowest BCUT2D eigenvalue weighted by Gasteiger charge is -2.29. The summed E-state index contributed by atoms with van der Waals surface area (Å²) in [6.07, 6.45) is 4.37. The van der Waals surface area contributed by atoms with Gasteiger partial charge < -0.3 is 5.32 Å². The number of nitrogens with one attached hydrogen (secondary N) is 1. The first kappa shape index (κ1) is 10.2. The summed E-state index contributed by atoms with van der Waals surface area (Å²) >= 11 is 0. The molecule has 3 rings (SSSR count). The highest BCUT2D eigenvalue weighted by atomic mass is 19.1. The standard InChI is InChI=1S/C13H15F2N/c14-9-1-4-12(13(15)7-9)8-5-10-2-3-11(6-8)16-10/h1,4,7-8,10-11,16H,2-3,5-6H2/t8-,10+,11-. The average molecular weight is 223 g/mol. The quantitative estimate of drug-likeness (QED) is 0.771. The van der Waals surface area contributed by atoms with Crippen molar-refractivity contribution in [1.29, 1.82) is 0 Å². The van der Waals surface area contributed by atoms with E-state index in [1.165, 1.54) is 18.9 Å². The third kappa shape index (κ3) is 1.73. The molecule has 3 heteroatoms. The molecular weight excluding hydrogens is 208 g/mol. The second-order valence-electron chi connectivity index (χ2n) is 4.97. The summed E-state index contributed by atoms with van der Waals surface area (Å²) in [6.45, 7) is 0. The molecule has 16 heavy (non-hydrogen) atoms. The molecule has 2 saturated heterocycles. The smallest absolute Gasteiger partial charge is 0.129 e. The molecule has 86 valence electrons. The van der Waals surface area contributed by atoms with E-state index in [2.05, 4.69) is 5.32 Å². The van der Waals surface area contributed by atoms with E-state index in [0.29, 0.717) is 17.6 Å². The lowest BCUT2D eigenvalue weighted by Crippen LogP contribution is -2.37. The Morgan fingerprint density at radius 2 is 1.75 bits per heavy atom. The van der Waals surface area contributed by atoms with Crippen molar-refractivity contribution >= 4 is 0 Å². The van der Waals surface area contributed by atoms with Gasteiger partial charge in [0.1, 0.15) is 11.6 Å². The number of halogens is 2. The van der Waals surface area contributed by atoms with Crippen molar-refractivity contribution in [2.24, 2.45) is 0 Å². The molecule has 2 aliphatic rings. The molecule has 2 aliphatic heterocycles. The molecule has 0 spiro atoms. The maximum Gasteiger partial charge on any atom is 0.129 e. The van der Waals surface area contributed by atoms with Crippen LogP contribution in [0.5, 0.6) is 0 Å². The van der Waals surface area contributed by atoms with E-state index in [9.17, 15) is 8.78 Å². The zero-order chi connectivity index (χ0) is 11.1. The Bertz CT molecular complexity index is 393. The van der Waals surface area contributed by atoms with Crippen LogP contribution in [0.15, 0.2) is 18.2 Å². The first-order chi connectivity index (χ1) is 7.72. The zero-order valence-corrected chi connectivity index (χ0v) is 9.05. The SMILES string of the molecule is Fc1ccc([C@H]2C[C@H]3CC[C@@H](C2)N3)c(F)c1. The average Bonchev–Trinajstić information content (AvgIpc) is 2.58. The van der Waals surface area contributed by atoms with Gasteiger partial charge in [0.05, 0.1) is 0 Å². The van der Waals surface area contributed by atoms with Gasteiger partial charge in [-0.25, -0.2) is 8.78 Å². The van der Waals surface area contributed by atoms with Crippen LogP contribution in [0.1, 0.15) is 37.2 Å². The van der Waals surface area contributed by atoms with Gasteiger partial charge in [0.15, 0.2) is 0 Å². The van der Waals surface area contributed by atoms with Crippen LogP contribution < -0.4 is 5.32 Å². The third-order valence-electron chi connectivity index (χ3n) is 3.88. The van der Waals surface area contributed by atoms with Crippen molar-refractivity contribution in [1.82, 2.24) is 5.32 Å². The van der Waals surface area contributed by atoms with Crippen LogP contribution in [0.4, 0.5) is 8.78 Å². The minimum Gasteiger partial charge on any atom is -0.311 e. The normalized spacial score (nSPS) is 33.0. The van der Waals surface area contributed by atoms with Gasteiger partial charge >= 0.3 is 0 Å². The molecule has 2 heterocycles. The van der Waals surface area contributed by atoms with Gasteiger partial charge in [-0.3, -0.25) is 0 Å². The van der Waals surface area contributed by atoms with E-state index in [1.54, 1.807) is 6.07 Å². The largest absolute Gasteiger partial charge is 0.311 e. The Hall–Kier alpha value is -0.960. The van der Waals surface area contributed by atoms with Crippen molar-refractivity contribution in [3.8, 4) is 0 Å². The Kier molecular flexibility index (Phi) is 2.43. The third-order valence-corrected chi connectivity index (χ3v) is 3.88. The Labute approximate surface area is 93.9 Å². The van der Waals surface area contributed by atoms with Crippen molar-refractivity contribution in [3.63, 3.8) is 0 Å². The lowest BCUT2D eigenvalue weighted by atomic mass is 9.86. The number of benzene rings is 1. The molecule has 1 aromatic rings. The highest BCUT2D eigenvalue weighted by Gasteiger charge is 2.34. The fourth-order valence-corrected chi connectivity index (χ4v) is 3.14. The highest BCUT2D eigenvalue weighted by Crippen LogP contribution is 2.38. The second-order valence-corrected chi connectivity index (χ2v) is 4.97. The summed E-state index contributed by atoms with van der Waals surface area (Å²) in [4.78, 5) is 0. The van der Waals surface area contributed by atoms with Crippen molar-refractivity contribution < 1.29 is 8.78 Å². The number of hydrogen-bond donors (Lipinski definition) is 1. The Morgan fingerprint density at radius 3 is 2.38 bits per heavy atom. The van der Waals surface area contributed by atoms with Crippen molar-refractivity contribution in [2.75, 3.05) is 0 Å². The summed E-state index contributed by atoms with van der Waals surface area (Å²) in [7, 11) is 0. The van der Waals surface area contributed by atoms with Crippen LogP contribution in [0.3, 0.4) is 0 Å². The molecule has 0 radical (unpaired) electrons. The van der Waals surface area contributed by atoms with Gasteiger partial charge in [-0.05, 0) is 43.2 Å². The van der Waals surface area contributed by atoms with Gasteiger partial charge in [-0.1, -0.05) is 6.07 Å². The predicted octanol–water partition coefficient (Wildman–Crippen LogP) is 2.96. The Balaban J connectivity index is 1.87. The fraction of sp³-hybridized carbons (Fsp3) is 0.538.